The molecule has 0 aliphatic heterocycles. The molecule has 0 unspecified atom stereocenters. The van der Waals surface area contributed by atoms with Gasteiger partial charge < -0.3 is 15.6 Å². The number of amides is 2. The summed E-state index contributed by atoms with van der Waals surface area (Å²) in [6, 6.07) is 20.1. The fourth-order valence-electron chi connectivity index (χ4n) is 4.69. The van der Waals surface area contributed by atoms with E-state index in [1.54, 1.807) is 6.08 Å². The normalized spacial score (nSPS) is 13.3. The van der Waals surface area contributed by atoms with Gasteiger partial charge in [0.25, 0.3) is 11.8 Å². The predicted octanol–water partition coefficient (Wildman–Crippen LogP) is 5.27. The summed E-state index contributed by atoms with van der Waals surface area (Å²) in [5.74, 6) is -1.10. The molecule has 35 heavy (non-hydrogen) atoms. The van der Waals surface area contributed by atoms with Gasteiger partial charge in [0.15, 0.2) is 0 Å². The number of hydrogen-bond acceptors (Lipinski definition) is 4. The molecule has 0 radical (unpaired) electrons. The number of carbonyl (C=O) groups is 2. The largest absolute Gasteiger partial charge is 0.365 e. The molecule has 0 atom stereocenters. The SMILES string of the molecule is N#CC(=Cc1cn(Cc2ccccc2)c2ccccc12)C(=O)Nc1sc2c(c1C(N)=O)CCCC2. The molecule has 2 heterocycles. The van der Waals surface area contributed by atoms with Crippen LogP contribution in [-0.4, -0.2) is 16.4 Å². The van der Waals surface area contributed by atoms with Gasteiger partial charge in [-0.25, -0.2) is 0 Å². The number of benzene rings is 2. The van der Waals surface area contributed by atoms with Crippen molar-refractivity contribution in [2.24, 2.45) is 5.73 Å². The Morgan fingerprint density at radius 3 is 2.60 bits per heavy atom. The van der Waals surface area contributed by atoms with Gasteiger partial charge in [-0.1, -0.05) is 48.5 Å². The van der Waals surface area contributed by atoms with Gasteiger partial charge in [-0.2, -0.15) is 5.26 Å². The van der Waals surface area contributed by atoms with E-state index in [1.807, 2.05) is 54.7 Å². The van der Waals surface area contributed by atoms with E-state index < -0.39 is 11.8 Å². The highest BCUT2D eigenvalue weighted by Crippen LogP contribution is 2.38. The number of fused-ring (bicyclic) bond motifs is 2. The molecular weight excluding hydrogens is 456 g/mol. The van der Waals surface area contributed by atoms with Crippen molar-refractivity contribution in [3.8, 4) is 6.07 Å². The minimum Gasteiger partial charge on any atom is -0.365 e. The molecule has 2 amide bonds. The summed E-state index contributed by atoms with van der Waals surface area (Å²) in [5.41, 5.74) is 9.90. The fraction of sp³-hybridized carbons (Fsp3) is 0.179. The molecule has 174 valence electrons. The van der Waals surface area contributed by atoms with Crippen molar-refractivity contribution in [3.63, 3.8) is 0 Å². The predicted molar refractivity (Wildman–Crippen MR) is 139 cm³/mol. The van der Waals surface area contributed by atoms with Gasteiger partial charge in [0, 0.05) is 34.1 Å². The van der Waals surface area contributed by atoms with Crippen molar-refractivity contribution >= 4 is 45.1 Å². The molecule has 2 aromatic heterocycles. The van der Waals surface area contributed by atoms with Crippen LogP contribution in [0.25, 0.3) is 17.0 Å². The van der Waals surface area contributed by atoms with Crippen LogP contribution in [0, 0.1) is 11.3 Å². The number of thiophene rings is 1. The van der Waals surface area contributed by atoms with Crippen molar-refractivity contribution in [2.75, 3.05) is 5.32 Å². The molecule has 0 saturated heterocycles. The average molecular weight is 481 g/mol. The summed E-state index contributed by atoms with van der Waals surface area (Å²) in [7, 11) is 0. The number of nitriles is 1. The summed E-state index contributed by atoms with van der Waals surface area (Å²) in [6.45, 7) is 0.673. The molecule has 1 aliphatic rings. The monoisotopic (exact) mass is 480 g/mol. The topological polar surface area (TPSA) is 101 Å². The summed E-state index contributed by atoms with van der Waals surface area (Å²) in [5, 5.41) is 14.0. The molecule has 0 spiro atoms. The van der Waals surface area contributed by atoms with Crippen LogP contribution in [-0.2, 0) is 24.2 Å². The number of nitrogens with two attached hydrogens (primary N) is 1. The van der Waals surface area contributed by atoms with Gasteiger partial charge in [-0.05, 0) is 49.0 Å². The highest BCUT2D eigenvalue weighted by Gasteiger charge is 2.25. The van der Waals surface area contributed by atoms with Crippen LogP contribution >= 0.6 is 11.3 Å². The molecule has 5 rings (SSSR count). The summed E-state index contributed by atoms with van der Waals surface area (Å²) >= 11 is 1.39. The lowest BCUT2D eigenvalue weighted by molar-refractivity contribution is -0.112. The van der Waals surface area contributed by atoms with Crippen LogP contribution in [0.3, 0.4) is 0 Å². The Balaban J connectivity index is 1.48. The number of rotatable bonds is 6. The van der Waals surface area contributed by atoms with Crippen molar-refractivity contribution in [3.05, 3.63) is 93.5 Å². The van der Waals surface area contributed by atoms with E-state index in [9.17, 15) is 14.9 Å². The lowest BCUT2D eigenvalue weighted by atomic mass is 9.95. The van der Waals surface area contributed by atoms with E-state index in [0.717, 1.165) is 58.2 Å². The highest BCUT2D eigenvalue weighted by atomic mass is 32.1. The van der Waals surface area contributed by atoms with Gasteiger partial charge in [0.1, 0.15) is 16.6 Å². The van der Waals surface area contributed by atoms with Crippen LogP contribution in [0.1, 0.15) is 44.8 Å². The van der Waals surface area contributed by atoms with E-state index in [2.05, 4.69) is 22.0 Å². The first kappa shape index (κ1) is 22.6. The maximum Gasteiger partial charge on any atom is 0.266 e. The number of hydrogen-bond donors (Lipinski definition) is 2. The average Bonchev–Trinajstić information content (AvgIpc) is 3.41. The van der Waals surface area contributed by atoms with Gasteiger partial charge in [-0.3, -0.25) is 9.59 Å². The third kappa shape index (κ3) is 4.48. The maximum atomic E-state index is 13.1. The smallest absolute Gasteiger partial charge is 0.266 e. The Bertz CT molecular complexity index is 1510. The van der Waals surface area contributed by atoms with E-state index in [0.29, 0.717) is 17.1 Å². The van der Waals surface area contributed by atoms with Gasteiger partial charge in [-0.15, -0.1) is 11.3 Å². The van der Waals surface area contributed by atoms with E-state index in [-0.39, 0.29) is 5.57 Å². The molecular formula is C28H24N4O2S. The Hall–Kier alpha value is -4.15. The number of nitrogens with zero attached hydrogens (tertiary/aromatic N) is 2. The summed E-state index contributed by atoms with van der Waals surface area (Å²) in [4.78, 5) is 26.4. The van der Waals surface area contributed by atoms with Crippen LogP contribution in [0.4, 0.5) is 5.00 Å². The Kier molecular flexibility index (Phi) is 6.21. The number of anilines is 1. The van der Waals surface area contributed by atoms with E-state index >= 15 is 0 Å². The Morgan fingerprint density at radius 2 is 1.83 bits per heavy atom. The number of aryl methyl sites for hydroxylation is 1. The molecule has 0 bridgehead atoms. The lowest BCUT2D eigenvalue weighted by Gasteiger charge is -2.11. The van der Waals surface area contributed by atoms with Crippen molar-refractivity contribution in [1.29, 1.82) is 5.26 Å². The van der Waals surface area contributed by atoms with Crippen molar-refractivity contribution in [1.82, 2.24) is 4.57 Å². The molecule has 0 fully saturated rings. The summed E-state index contributed by atoms with van der Waals surface area (Å²) < 4.78 is 2.11. The Labute approximate surface area is 207 Å². The first-order valence-corrected chi connectivity index (χ1v) is 12.4. The quantitative estimate of drug-likeness (QED) is 0.290. The minimum absolute atomic E-state index is 0.0330. The third-order valence-electron chi connectivity index (χ3n) is 6.32. The van der Waals surface area contributed by atoms with Crippen molar-refractivity contribution < 1.29 is 9.59 Å². The molecule has 0 saturated carbocycles. The van der Waals surface area contributed by atoms with Crippen LogP contribution in [0.5, 0.6) is 0 Å². The van der Waals surface area contributed by atoms with E-state index in [1.165, 1.54) is 11.3 Å². The maximum absolute atomic E-state index is 13.1. The van der Waals surface area contributed by atoms with Gasteiger partial charge >= 0.3 is 0 Å². The second kappa shape index (κ2) is 9.61. The van der Waals surface area contributed by atoms with Crippen LogP contribution in [0.15, 0.2) is 66.4 Å². The van der Waals surface area contributed by atoms with Gasteiger partial charge in [0.05, 0.1) is 5.56 Å². The van der Waals surface area contributed by atoms with Crippen LogP contribution < -0.4 is 11.1 Å². The molecule has 2 aromatic carbocycles. The zero-order valence-electron chi connectivity index (χ0n) is 19.1. The second-order valence-electron chi connectivity index (χ2n) is 8.62. The third-order valence-corrected chi connectivity index (χ3v) is 7.53. The molecule has 7 heteroatoms. The number of nitrogens with one attached hydrogen (secondary N) is 1. The molecule has 3 N–H and O–H groups in total. The van der Waals surface area contributed by atoms with Crippen LogP contribution in [0.2, 0.25) is 0 Å². The number of carbonyl (C=O) groups excluding carboxylic acids is 2. The van der Waals surface area contributed by atoms with Gasteiger partial charge in [0.2, 0.25) is 0 Å². The molecule has 1 aliphatic carbocycles. The molecule has 6 nitrogen and oxygen atoms in total. The summed E-state index contributed by atoms with van der Waals surface area (Å²) in [6.07, 6.45) is 7.26. The first-order chi connectivity index (χ1) is 17.0. The fourth-order valence-corrected chi connectivity index (χ4v) is 5.98. The number of para-hydroxylation sites is 1. The number of aromatic nitrogens is 1. The standard InChI is InChI=1S/C28H24N4O2S/c29-15-19(27(34)31-28-25(26(30)33)22-11-5-7-13-24(22)35-28)14-20-17-32(16-18-8-2-1-3-9-18)23-12-6-4-10-21(20)23/h1-4,6,8-10,12,14,17H,5,7,11,13,16H2,(H2,30,33)(H,31,34). The zero-order valence-corrected chi connectivity index (χ0v) is 19.9. The van der Waals surface area contributed by atoms with Crippen molar-refractivity contribution in [2.45, 2.75) is 32.2 Å². The second-order valence-corrected chi connectivity index (χ2v) is 9.72. The lowest BCUT2D eigenvalue weighted by Crippen LogP contribution is -2.19. The first-order valence-electron chi connectivity index (χ1n) is 11.5. The molecule has 4 aromatic rings. The highest BCUT2D eigenvalue weighted by molar-refractivity contribution is 7.17. The minimum atomic E-state index is -0.550. The number of primary amides is 1. The van der Waals surface area contributed by atoms with E-state index in [4.69, 9.17) is 5.73 Å². The Morgan fingerprint density at radius 1 is 1.09 bits per heavy atom. The zero-order chi connectivity index (χ0) is 24.4.